The summed E-state index contributed by atoms with van der Waals surface area (Å²) in [5.41, 5.74) is 1.80. The number of benzene rings is 2. The van der Waals surface area contributed by atoms with Gasteiger partial charge in [-0.25, -0.2) is 0 Å². The average molecular weight is 399 g/mol. The smallest absolute Gasteiger partial charge is 0.313 e. The van der Waals surface area contributed by atoms with Gasteiger partial charge in [-0.05, 0) is 24.0 Å². The van der Waals surface area contributed by atoms with E-state index in [1.54, 1.807) is 17.8 Å². The Labute approximate surface area is 172 Å². The fourth-order valence-electron chi connectivity index (χ4n) is 2.94. The summed E-state index contributed by atoms with van der Waals surface area (Å²) in [4.78, 5) is 25.7. The molecule has 0 fully saturated rings. The topological polar surface area (TPSA) is 43.4 Å². The normalized spacial score (nSPS) is 11.8. The number of carbonyl (C=O) groups excluding carboxylic acids is 2. The van der Waals surface area contributed by atoms with Gasteiger partial charge in [0.25, 0.3) is 0 Å². The Kier molecular flexibility index (Phi) is 9.84. The molecule has 2 rings (SSSR count). The van der Waals surface area contributed by atoms with E-state index in [0.29, 0.717) is 18.1 Å². The molecule has 3 nitrogen and oxygen atoms in total. The van der Waals surface area contributed by atoms with Crippen molar-refractivity contribution in [2.45, 2.75) is 56.6 Å². The summed E-state index contributed by atoms with van der Waals surface area (Å²) in [7, 11) is 0. The van der Waals surface area contributed by atoms with Gasteiger partial charge in [-0.15, -0.1) is 11.8 Å². The summed E-state index contributed by atoms with van der Waals surface area (Å²) in [5, 5.41) is 0. The number of hydrogen-bond acceptors (Lipinski definition) is 4. The van der Waals surface area contributed by atoms with Gasteiger partial charge in [-0.2, -0.15) is 0 Å². The number of unbranched alkanes of at least 4 members (excludes halogenated alkanes) is 1. The lowest BCUT2D eigenvalue weighted by atomic mass is 10.0. The molecule has 0 aromatic heterocycles. The molecule has 0 radical (unpaired) electrons. The molecule has 1 unspecified atom stereocenters. The summed E-state index contributed by atoms with van der Waals surface area (Å²) in [5.74, 6) is 0.559. The van der Waals surface area contributed by atoms with Gasteiger partial charge < -0.3 is 4.74 Å². The Balaban J connectivity index is 1.90. The van der Waals surface area contributed by atoms with Crippen molar-refractivity contribution in [3.05, 3.63) is 65.7 Å². The molecule has 0 aliphatic rings. The van der Waals surface area contributed by atoms with Gasteiger partial charge >= 0.3 is 5.97 Å². The predicted molar refractivity (Wildman–Crippen MR) is 116 cm³/mol. The lowest BCUT2D eigenvalue weighted by molar-refractivity contribution is -0.144. The highest BCUT2D eigenvalue weighted by atomic mass is 32.2. The predicted octanol–water partition coefficient (Wildman–Crippen LogP) is 6.31. The first-order chi connectivity index (χ1) is 13.6. The first-order valence-corrected chi connectivity index (χ1v) is 11.1. The third-order valence-corrected chi connectivity index (χ3v) is 5.90. The summed E-state index contributed by atoms with van der Waals surface area (Å²) >= 11 is 1.61. The van der Waals surface area contributed by atoms with E-state index in [1.165, 1.54) is 5.56 Å². The van der Waals surface area contributed by atoms with E-state index < -0.39 is 5.97 Å². The summed E-state index contributed by atoms with van der Waals surface area (Å²) < 4.78 is 5.39. The zero-order valence-electron chi connectivity index (χ0n) is 16.9. The van der Waals surface area contributed by atoms with Crippen molar-refractivity contribution in [2.24, 2.45) is 5.92 Å². The molecule has 1 atom stereocenters. The van der Waals surface area contributed by atoms with Gasteiger partial charge in [0, 0.05) is 16.2 Å². The maximum atomic E-state index is 12.7. The Hall–Kier alpha value is -2.07. The highest BCUT2D eigenvalue weighted by Gasteiger charge is 2.17. The molecule has 0 saturated heterocycles. The van der Waals surface area contributed by atoms with Gasteiger partial charge in [0.1, 0.15) is 6.42 Å². The van der Waals surface area contributed by atoms with E-state index in [1.807, 2.05) is 36.4 Å². The highest BCUT2D eigenvalue weighted by molar-refractivity contribution is 7.98. The minimum atomic E-state index is -0.428. The number of carbonyl (C=O) groups is 2. The molecule has 0 spiro atoms. The number of esters is 1. The van der Waals surface area contributed by atoms with Crippen molar-refractivity contribution in [3.8, 4) is 0 Å². The summed E-state index contributed by atoms with van der Waals surface area (Å²) in [6.07, 6.45) is 4.13. The minimum Gasteiger partial charge on any atom is -0.465 e. The van der Waals surface area contributed by atoms with Crippen molar-refractivity contribution in [1.82, 2.24) is 0 Å². The number of ketones is 1. The summed E-state index contributed by atoms with van der Waals surface area (Å²) in [6, 6.07) is 17.6. The fraction of sp³-hybridized carbons (Fsp3) is 0.417. The van der Waals surface area contributed by atoms with Crippen LogP contribution in [0.1, 0.15) is 61.9 Å². The van der Waals surface area contributed by atoms with E-state index in [2.05, 4.69) is 26.0 Å². The standard InChI is InChI=1S/C24H30O3S/c1-3-5-11-19(4-2)17-27-24(26)16-22(25)21-14-9-10-15-23(21)28-18-20-12-7-6-8-13-20/h6-10,12-15,19H,3-5,11,16-18H2,1-2H3. The number of thioether (sulfide) groups is 1. The molecular formula is C24H30O3S. The molecular weight excluding hydrogens is 368 g/mol. The second kappa shape index (κ2) is 12.4. The van der Waals surface area contributed by atoms with Crippen LogP contribution in [0.25, 0.3) is 0 Å². The lowest BCUT2D eigenvalue weighted by Gasteiger charge is -2.14. The van der Waals surface area contributed by atoms with E-state index in [9.17, 15) is 9.59 Å². The zero-order valence-corrected chi connectivity index (χ0v) is 17.7. The van der Waals surface area contributed by atoms with Gasteiger partial charge in [0.2, 0.25) is 0 Å². The second-order valence-electron chi connectivity index (χ2n) is 6.97. The molecule has 2 aromatic rings. The number of ether oxygens (including phenoxy) is 1. The Bertz CT molecular complexity index is 743. The van der Waals surface area contributed by atoms with Crippen LogP contribution in [0.2, 0.25) is 0 Å². The average Bonchev–Trinajstić information content (AvgIpc) is 2.73. The van der Waals surface area contributed by atoms with Crippen LogP contribution in [0.15, 0.2) is 59.5 Å². The Morgan fingerprint density at radius 2 is 1.71 bits per heavy atom. The largest absolute Gasteiger partial charge is 0.465 e. The maximum absolute atomic E-state index is 12.7. The highest BCUT2D eigenvalue weighted by Crippen LogP contribution is 2.27. The van der Waals surface area contributed by atoms with Gasteiger partial charge in [0.15, 0.2) is 5.78 Å². The third kappa shape index (κ3) is 7.51. The van der Waals surface area contributed by atoms with Crippen molar-refractivity contribution >= 4 is 23.5 Å². The quantitative estimate of drug-likeness (QED) is 0.182. The summed E-state index contributed by atoms with van der Waals surface area (Å²) in [6.45, 7) is 4.68. The molecule has 0 heterocycles. The van der Waals surface area contributed by atoms with Crippen LogP contribution in [0, 0.1) is 5.92 Å². The van der Waals surface area contributed by atoms with Crippen LogP contribution in [-0.4, -0.2) is 18.4 Å². The number of rotatable bonds is 12. The van der Waals surface area contributed by atoms with Gasteiger partial charge in [-0.3, -0.25) is 9.59 Å². The van der Waals surface area contributed by atoms with Crippen LogP contribution in [-0.2, 0) is 15.3 Å². The maximum Gasteiger partial charge on any atom is 0.313 e. The molecule has 0 bridgehead atoms. The Morgan fingerprint density at radius 3 is 2.43 bits per heavy atom. The molecule has 0 aliphatic carbocycles. The first kappa shape index (κ1) is 22.2. The number of hydrogen-bond donors (Lipinski definition) is 0. The second-order valence-corrected chi connectivity index (χ2v) is 7.99. The van der Waals surface area contributed by atoms with E-state index in [0.717, 1.165) is 36.3 Å². The van der Waals surface area contributed by atoms with Gasteiger partial charge in [-0.1, -0.05) is 81.6 Å². The van der Waals surface area contributed by atoms with Crippen molar-refractivity contribution in [3.63, 3.8) is 0 Å². The molecule has 4 heteroatoms. The molecule has 28 heavy (non-hydrogen) atoms. The molecule has 0 amide bonds. The van der Waals surface area contributed by atoms with Crippen molar-refractivity contribution in [2.75, 3.05) is 6.61 Å². The van der Waals surface area contributed by atoms with Gasteiger partial charge in [0.05, 0.1) is 6.61 Å². The van der Waals surface area contributed by atoms with E-state index >= 15 is 0 Å². The Morgan fingerprint density at radius 1 is 1.00 bits per heavy atom. The lowest BCUT2D eigenvalue weighted by Crippen LogP contribution is -2.17. The van der Waals surface area contributed by atoms with Crippen molar-refractivity contribution < 1.29 is 14.3 Å². The third-order valence-electron chi connectivity index (χ3n) is 4.75. The minimum absolute atomic E-state index is 0.178. The van der Waals surface area contributed by atoms with E-state index in [-0.39, 0.29) is 12.2 Å². The van der Waals surface area contributed by atoms with Crippen LogP contribution in [0.3, 0.4) is 0 Å². The number of Topliss-reactive ketones (excluding diaryl/α,β-unsaturated/α-hetero) is 1. The monoisotopic (exact) mass is 398 g/mol. The molecule has 0 aliphatic heterocycles. The fourth-order valence-corrected chi connectivity index (χ4v) is 3.97. The molecule has 0 saturated carbocycles. The van der Waals surface area contributed by atoms with Crippen LogP contribution in [0.5, 0.6) is 0 Å². The van der Waals surface area contributed by atoms with Crippen LogP contribution >= 0.6 is 11.8 Å². The van der Waals surface area contributed by atoms with Crippen molar-refractivity contribution in [1.29, 1.82) is 0 Å². The molecule has 2 aromatic carbocycles. The van der Waals surface area contributed by atoms with Crippen LogP contribution in [0.4, 0.5) is 0 Å². The van der Waals surface area contributed by atoms with Crippen LogP contribution < -0.4 is 0 Å². The molecule has 150 valence electrons. The van der Waals surface area contributed by atoms with E-state index in [4.69, 9.17) is 4.74 Å². The SMILES string of the molecule is CCCCC(CC)COC(=O)CC(=O)c1ccccc1SCc1ccccc1. The molecule has 0 N–H and O–H groups in total. The zero-order chi connectivity index (χ0) is 20.2. The first-order valence-electron chi connectivity index (χ1n) is 10.1.